The van der Waals surface area contributed by atoms with Crippen LogP contribution in [0.2, 0.25) is 0 Å². The van der Waals surface area contributed by atoms with E-state index in [4.69, 9.17) is 0 Å². The molecule has 2 aromatic heterocycles. The first-order chi connectivity index (χ1) is 14.2. The second kappa shape index (κ2) is 8.93. The molecule has 0 bridgehead atoms. The van der Waals surface area contributed by atoms with E-state index in [9.17, 15) is 9.90 Å². The first-order valence-electron chi connectivity index (χ1n) is 9.35. The summed E-state index contributed by atoms with van der Waals surface area (Å²) in [6.07, 6.45) is 2.29. The Balaban J connectivity index is 1.28. The average Bonchev–Trinajstić information content (AvgIpc) is 3.21. The predicted octanol–water partition coefficient (Wildman–Crippen LogP) is 2.08. The fraction of sp³-hybridized carbons (Fsp3) is 0.316. The Labute approximate surface area is 171 Å². The summed E-state index contributed by atoms with van der Waals surface area (Å²) >= 11 is 1.25. The smallest absolute Gasteiger partial charge is 0.259 e. The molecule has 10 heteroatoms. The van der Waals surface area contributed by atoms with Gasteiger partial charge in [-0.3, -0.25) is 10.1 Å². The van der Waals surface area contributed by atoms with Crippen LogP contribution in [0.4, 0.5) is 16.1 Å². The summed E-state index contributed by atoms with van der Waals surface area (Å²) in [5.74, 6) is 0.361. The number of hydrogen-bond donors (Lipinski definition) is 3. The molecule has 0 saturated carbocycles. The largest absolute Gasteiger partial charge is 0.378 e. The van der Waals surface area contributed by atoms with Crippen molar-refractivity contribution in [3.05, 3.63) is 54.2 Å². The van der Waals surface area contributed by atoms with Gasteiger partial charge in [-0.05, 0) is 30.5 Å². The van der Waals surface area contributed by atoms with E-state index in [0.29, 0.717) is 15.8 Å². The quantitative estimate of drug-likeness (QED) is 0.565. The Morgan fingerprint density at radius 2 is 1.83 bits per heavy atom. The van der Waals surface area contributed by atoms with E-state index in [2.05, 4.69) is 35.9 Å². The van der Waals surface area contributed by atoms with Gasteiger partial charge in [-0.15, -0.1) is 15.3 Å². The van der Waals surface area contributed by atoms with Crippen LogP contribution in [0.15, 0.2) is 48.7 Å². The summed E-state index contributed by atoms with van der Waals surface area (Å²) in [6, 6.07) is 12.9. The molecule has 1 amide bonds. The van der Waals surface area contributed by atoms with Crippen molar-refractivity contribution < 1.29 is 9.90 Å². The Hall–Kier alpha value is -3.11. The van der Waals surface area contributed by atoms with Gasteiger partial charge in [0.25, 0.3) is 5.91 Å². The van der Waals surface area contributed by atoms with Gasteiger partial charge in [0, 0.05) is 25.3 Å². The number of amides is 1. The molecule has 9 nitrogen and oxygen atoms in total. The molecule has 3 heterocycles. The van der Waals surface area contributed by atoms with E-state index >= 15 is 0 Å². The fourth-order valence-corrected chi connectivity index (χ4v) is 3.91. The number of carbonyl (C=O) groups excluding carboxylic acids is 1. The summed E-state index contributed by atoms with van der Waals surface area (Å²) in [6.45, 7) is 1.75. The molecule has 0 radical (unpaired) electrons. The van der Waals surface area contributed by atoms with Gasteiger partial charge >= 0.3 is 0 Å². The van der Waals surface area contributed by atoms with Crippen LogP contribution in [0.5, 0.6) is 0 Å². The summed E-state index contributed by atoms with van der Waals surface area (Å²) in [5, 5.41) is 33.3. The molecule has 150 valence electrons. The van der Waals surface area contributed by atoms with E-state index in [1.54, 1.807) is 30.5 Å². The van der Waals surface area contributed by atoms with Gasteiger partial charge in [-0.25, -0.2) is 0 Å². The number of anilines is 3. The highest BCUT2D eigenvalue weighted by molar-refractivity contribution is 7.19. The lowest BCUT2D eigenvalue weighted by Crippen LogP contribution is -2.39. The minimum absolute atomic E-state index is 0.273. The highest BCUT2D eigenvalue weighted by Gasteiger charge is 2.22. The number of piperidine rings is 1. The molecule has 29 heavy (non-hydrogen) atoms. The Morgan fingerprint density at radius 3 is 2.55 bits per heavy atom. The van der Waals surface area contributed by atoms with Crippen LogP contribution in [-0.2, 0) is 4.79 Å². The molecule has 3 N–H and O–H groups in total. The van der Waals surface area contributed by atoms with Crippen LogP contribution >= 0.6 is 11.3 Å². The summed E-state index contributed by atoms with van der Waals surface area (Å²) in [4.78, 5) is 14.4. The summed E-state index contributed by atoms with van der Waals surface area (Å²) < 4.78 is 0. The Kier molecular flexibility index (Phi) is 5.92. The van der Waals surface area contributed by atoms with E-state index < -0.39 is 12.0 Å². The van der Waals surface area contributed by atoms with Gasteiger partial charge in [0.05, 0.1) is 0 Å². The number of aliphatic hydroxyl groups excluding tert-OH is 1. The highest BCUT2D eigenvalue weighted by atomic mass is 32.1. The lowest BCUT2D eigenvalue weighted by Gasteiger charge is -2.32. The molecule has 1 aromatic carbocycles. The minimum Gasteiger partial charge on any atom is -0.378 e. The van der Waals surface area contributed by atoms with Gasteiger partial charge in [0.2, 0.25) is 10.3 Å². The molecular formula is C19H21N7O2S. The maximum Gasteiger partial charge on any atom is 0.259 e. The van der Waals surface area contributed by atoms with Gasteiger partial charge in [0.15, 0.2) is 11.9 Å². The molecule has 1 unspecified atom stereocenters. The molecule has 3 aromatic rings. The SMILES string of the molecule is O=C(Nc1nnc(NC2CCN(c3cccnn3)CC2)s1)C(O)c1ccccc1. The maximum absolute atomic E-state index is 12.2. The predicted molar refractivity (Wildman–Crippen MR) is 111 cm³/mol. The number of nitrogens with zero attached hydrogens (tertiary/aromatic N) is 5. The van der Waals surface area contributed by atoms with Crippen molar-refractivity contribution >= 4 is 33.3 Å². The lowest BCUT2D eigenvalue weighted by atomic mass is 10.1. The topological polar surface area (TPSA) is 116 Å². The third-order valence-corrected chi connectivity index (χ3v) is 5.49. The van der Waals surface area contributed by atoms with Crippen molar-refractivity contribution in [2.24, 2.45) is 0 Å². The molecule has 1 saturated heterocycles. The second-order valence-corrected chi connectivity index (χ2v) is 7.68. The van der Waals surface area contributed by atoms with Gasteiger partial charge < -0.3 is 15.3 Å². The van der Waals surface area contributed by atoms with Crippen LogP contribution < -0.4 is 15.5 Å². The van der Waals surface area contributed by atoms with Crippen LogP contribution in [-0.4, -0.2) is 50.5 Å². The Bertz CT molecular complexity index is 930. The lowest BCUT2D eigenvalue weighted by molar-refractivity contribution is -0.124. The summed E-state index contributed by atoms with van der Waals surface area (Å²) in [7, 11) is 0. The summed E-state index contributed by atoms with van der Waals surface area (Å²) in [5.41, 5.74) is 0.530. The zero-order chi connectivity index (χ0) is 20.1. The average molecular weight is 411 g/mol. The van der Waals surface area contributed by atoms with Crippen LogP contribution in [0.3, 0.4) is 0 Å². The fourth-order valence-electron chi connectivity index (χ4n) is 3.18. The molecule has 4 rings (SSSR count). The number of hydrogen-bond acceptors (Lipinski definition) is 9. The first kappa shape index (κ1) is 19.2. The molecule has 0 spiro atoms. The molecule has 0 aliphatic carbocycles. The van der Waals surface area contributed by atoms with Crippen LogP contribution in [0, 0.1) is 0 Å². The monoisotopic (exact) mass is 411 g/mol. The molecule has 1 aliphatic heterocycles. The number of benzene rings is 1. The van der Waals surface area contributed by atoms with E-state index in [-0.39, 0.29) is 6.04 Å². The molecule has 1 aliphatic rings. The van der Waals surface area contributed by atoms with Gasteiger partial charge in [-0.1, -0.05) is 41.7 Å². The van der Waals surface area contributed by atoms with Gasteiger partial charge in [-0.2, -0.15) is 5.10 Å². The Morgan fingerprint density at radius 1 is 1.07 bits per heavy atom. The first-order valence-corrected chi connectivity index (χ1v) is 10.2. The number of carbonyl (C=O) groups is 1. The standard InChI is InChI=1S/C19H21N7O2S/c27-16(13-5-2-1-3-6-13)17(28)22-19-25-24-18(29-19)21-14-8-11-26(12-9-14)15-7-4-10-20-23-15/h1-7,10,14,16,27H,8-9,11-12H2,(H,21,24)(H,22,25,28). The van der Waals surface area contributed by atoms with Crippen molar-refractivity contribution in [3.8, 4) is 0 Å². The molecule has 1 atom stereocenters. The van der Waals surface area contributed by atoms with E-state index in [1.165, 1.54) is 11.3 Å². The maximum atomic E-state index is 12.2. The van der Waals surface area contributed by atoms with Gasteiger partial charge in [0.1, 0.15) is 0 Å². The molecule has 1 fully saturated rings. The second-order valence-electron chi connectivity index (χ2n) is 6.70. The third kappa shape index (κ3) is 4.84. The van der Waals surface area contributed by atoms with Crippen molar-refractivity contribution in [2.45, 2.75) is 25.0 Å². The zero-order valence-corrected chi connectivity index (χ0v) is 16.4. The van der Waals surface area contributed by atoms with Crippen molar-refractivity contribution in [1.29, 1.82) is 0 Å². The van der Waals surface area contributed by atoms with Crippen LogP contribution in [0.25, 0.3) is 0 Å². The number of nitrogens with one attached hydrogen (secondary N) is 2. The number of rotatable bonds is 6. The number of aliphatic hydroxyl groups is 1. The minimum atomic E-state index is -1.25. The van der Waals surface area contributed by atoms with Crippen molar-refractivity contribution in [3.63, 3.8) is 0 Å². The van der Waals surface area contributed by atoms with E-state index in [0.717, 1.165) is 31.7 Å². The number of aromatic nitrogens is 4. The molecular weight excluding hydrogens is 390 g/mol. The highest BCUT2D eigenvalue weighted by Crippen LogP contribution is 2.25. The normalized spacial score (nSPS) is 15.7. The van der Waals surface area contributed by atoms with Crippen molar-refractivity contribution in [1.82, 2.24) is 20.4 Å². The zero-order valence-electron chi connectivity index (χ0n) is 15.6. The van der Waals surface area contributed by atoms with E-state index in [1.807, 2.05) is 18.2 Å². The van der Waals surface area contributed by atoms with Crippen LogP contribution in [0.1, 0.15) is 24.5 Å². The third-order valence-electron chi connectivity index (χ3n) is 4.72. The van der Waals surface area contributed by atoms with Crippen molar-refractivity contribution in [2.75, 3.05) is 28.6 Å².